The average Bonchev–Trinajstić information content (AvgIpc) is 3.03. The molecule has 0 aliphatic heterocycles. The summed E-state index contributed by atoms with van der Waals surface area (Å²) in [6.45, 7) is 2.02. The second-order valence-electron chi connectivity index (χ2n) is 4.55. The molecule has 1 aliphatic rings. The number of aromatic nitrogens is 4. The van der Waals surface area contributed by atoms with Crippen LogP contribution in [0.3, 0.4) is 0 Å². The molecule has 0 saturated heterocycles. The van der Waals surface area contributed by atoms with Gasteiger partial charge in [-0.05, 0) is 19.8 Å². The van der Waals surface area contributed by atoms with Crippen molar-refractivity contribution in [3.05, 3.63) is 35.3 Å². The highest BCUT2D eigenvalue weighted by atomic mass is 35.5. The topological polar surface area (TPSA) is 66.5 Å². The highest BCUT2D eigenvalue weighted by molar-refractivity contribution is 6.29. The van der Waals surface area contributed by atoms with E-state index in [1.54, 1.807) is 18.5 Å². The zero-order valence-corrected chi connectivity index (χ0v) is 10.8. The van der Waals surface area contributed by atoms with Gasteiger partial charge in [-0.1, -0.05) is 11.6 Å². The van der Waals surface area contributed by atoms with Crippen molar-refractivity contribution >= 4 is 17.4 Å². The van der Waals surface area contributed by atoms with Crippen LogP contribution in [0.4, 0.5) is 5.82 Å². The predicted molar refractivity (Wildman–Crippen MR) is 69.6 cm³/mol. The summed E-state index contributed by atoms with van der Waals surface area (Å²) in [5.74, 6) is 2.96. The van der Waals surface area contributed by atoms with Crippen molar-refractivity contribution in [1.82, 2.24) is 19.9 Å². The lowest BCUT2D eigenvalue weighted by Crippen LogP contribution is -2.10. The molecule has 0 aromatic carbocycles. The number of imidazole rings is 1. The Labute approximate surface area is 110 Å². The Hall–Kier alpha value is -1.62. The molecule has 1 unspecified atom stereocenters. The van der Waals surface area contributed by atoms with Crippen LogP contribution < -0.4 is 5.32 Å². The average molecular weight is 264 g/mol. The van der Waals surface area contributed by atoms with Gasteiger partial charge >= 0.3 is 0 Å². The molecule has 0 bridgehead atoms. The first kappa shape index (κ1) is 11.5. The smallest absolute Gasteiger partial charge is 0.135 e. The summed E-state index contributed by atoms with van der Waals surface area (Å²) < 4.78 is 0. The highest BCUT2D eigenvalue weighted by Gasteiger charge is 2.27. The van der Waals surface area contributed by atoms with Crippen LogP contribution >= 0.6 is 11.6 Å². The highest BCUT2D eigenvalue weighted by Crippen LogP contribution is 2.38. The van der Waals surface area contributed by atoms with E-state index < -0.39 is 0 Å². The van der Waals surface area contributed by atoms with Crippen LogP contribution in [0.15, 0.2) is 18.5 Å². The Bertz CT molecular complexity index is 535. The molecule has 3 rings (SSSR count). The van der Waals surface area contributed by atoms with E-state index in [0.717, 1.165) is 30.3 Å². The van der Waals surface area contributed by atoms with Crippen LogP contribution in [0.5, 0.6) is 0 Å². The summed E-state index contributed by atoms with van der Waals surface area (Å²) in [5.41, 5.74) is 0. The van der Waals surface area contributed by atoms with E-state index in [1.165, 1.54) is 0 Å². The summed E-state index contributed by atoms with van der Waals surface area (Å²) in [6, 6.07) is 1.80. The standard InChI is InChI=1S/C12H14ClN5/c1-7(11-14-4-5-15-11)16-10-6-9(13)17-12(18-10)8-2-3-8/h4-8H,2-3H2,1H3,(H,14,15)(H,16,17,18). The van der Waals surface area contributed by atoms with Crippen molar-refractivity contribution in [1.29, 1.82) is 0 Å². The van der Waals surface area contributed by atoms with Crippen molar-refractivity contribution in [2.24, 2.45) is 0 Å². The van der Waals surface area contributed by atoms with Gasteiger partial charge in [-0.3, -0.25) is 0 Å². The molecule has 1 aliphatic carbocycles. The largest absolute Gasteiger partial charge is 0.360 e. The molecule has 0 spiro atoms. The van der Waals surface area contributed by atoms with Crippen LogP contribution in [-0.4, -0.2) is 19.9 Å². The molecule has 2 aromatic rings. The first-order valence-corrected chi connectivity index (χ1v) is 6.40. The number of hydrogen-bond donors (Lipinski definition) is 2. The third kappa shape index (κ3) is 2.46. The van der Waals surface area contributed by atoms with Crippen molar-refractivity contribution in [2.45, 2.75) is 31.7 Å². The number of halogens is 1. The van der Waals surface area contributed by atoms with Crippen LogP contribution in [0, 0.1) is 0 Å². The SMILES string of the molecule is CC(Nc1cc(Cl)nc(C2CC2)n1)c1ncc[nH]1. The van der Waals surface area contributed by atoms with E-state index in [-0.39, 0.29) is 6.04 Å². The zero-order valence-electron chi connectivity index (χ0n) is 10.0. The van der Waals surface area contributed by atoms with E-state index in [2.05, 4.69) is 25.3 Å². The lowest BCUT2D eigenvalue weighted by atomic mass is 10.3. The second-order valence-corrected chi connectivity index (χ2v) is 4.94. The Morgan fingerprint density at radius 3 is 2.94 bits per heavy atom. The van der Waals surface area contributed by atoms with Crippen LogP contribution in [-0.2, 0) is 0 Å². The molecule has 2 aromatic heterocycles. The van der Waals surface area contributed by atoms with Gasteiger partial charge in [0.1, 0.15) is 22.6 Å². The van der Waals surface area contributed by atoms with Gasteiger partial charge in [-0.2, -0.15) is 0 Å². The van der Waals surface area contributed by atoms with Crippen molar-refractivity contribution < 1.29 is 0 Å². The molecule has 1 fully saturated rings. The number of anilines is 1. The van der Waals surface area contributed by atoms with Gasteiger partial charge < -0.3 is 10.3 Å². The van der Waals surface area contributed by atoms with E-state index >= 15 is 0 Å². The fourth-order valence-corrected chi connectivity index (χ4v) is 2.03. The third-order valence-electron chi connectivity index (χ3n) is 2.95. The Morgan fingerprint density at radius 1 is 1.44 bits per heavy atom. The fraction of sp³-hybridized carbons (Fsp3) is 0.417. The normalized spacial score (nSPS) is 16.6. The lowest BCUT2D eigenvalue weighted by molar-refractivity contribution is 0.796. The Balaban J connectivity index is 1.79. The second kappa shape index (κ2) is 4.57. The zero-order chi connectivity index (χ0) is 12.5. The van der Waals surface area contributed by atoms with E-state index in [9.17, 15) is 0 Å². The van der Waals surface area contributed by atoms with Crippen LogP contribution in [0.2, 0.25) is 5.15 Å². The Morgan fingerprint density at radius 2 is 2.28 bits per heavy atom. The van der Waals surface area contributed by atoms with Crippen molar-refractivity contribution in [3.8, 4) is 0 Å². The molecular formula is C12H14ClN5. The van der Waals surface area contributed by atoms with E-state index in [4.69, 9.17) is 11.6 Å². The minimum absolute atomic E-state index is 0.0537. The number of hydrogen-bond acceptors (Lipinski definition) is 4. The summed E-state index contributed by atoms with van der Waals surface area (Å²) in [4.78, 5) is 16.0. The number of rotatable bonds is 4. The molecule has 2 heterocycles. The molecule has 5 nitrogen and oxygen atoms in total. The van der Waals surface area contributed by atoms with Crippen molar-refractivity contribution in [2.75, 3.05) is 5.32 Å². The van der Waals surface area contributed by atoms with Crippen LogP contribution in [0.1, 0.15) is 43.4 Å². The van der Waals surface area contributed by atoms with Gasteiger partial charge in [0.2, 0.25) is 0 Å². The summed E-state index contributed by atoms with van der Waals surface area (Å²) in [6.07, 6.45) is 5.85. The quantitative estimate of drug-likeness (QED) is 0.833. The van der Waals surface area contributed by atoms with E-state index in [0.29, 0.717) is 11.1 Å². The van der Waals surface area contributed by atoms with Crippen LogP contribution in [0.25, 0.3) is 0 Å². The first-order chi connectivity index (χ1) is 8.72. The molecule has 1 atom stereocenters. The number of aromatic amines is 1. The predicted octanol–water partition coefficient (Wildman–Crippen LogP) is 2.90. The van der Waals surface area contributed by atoms with Gasteiger partial charge in [0.25, 0.3) is 0 Å². The maximum atomic E-state index is 6.02. The molecule has 94 valence electrons. The van der Waals surface area contributed by atoms with Gasteiger partial charge in [-0.15, -0.1) is 0 Å². The van der Waals surface area contributed by atoms with Crippen molar-refractivity contribution in [3.63, 3.8) is 0 Å². The molecule has 18 heavy (non-hydrogen) atoms. The number of nitrogens with one attached hydrogen (secondary N) is 2. The third-order valence-corrected chi connectivity index (χ3v) is 3.14. The minimum atomic E-state index is 0.0537. The Kier molecular flexibility index (Phi) is 2.91. The van der Waals surface area contributed by atoms with E-state index in [1.807, 2.05) is 6.92 Å². The monoisotopic (exact) mass is 263 g/mol. The molecule has 0 amide bonds. The lowest BCUT2D eigenvalue weighted by Gasteiger charge is -2.13. The number of nitrogens with zero attached hydrogens (tertiary/aromatic N) is 3. The maximum absolute atomic E-state index is 6.02. The summed E-state index contributed by atoms with van der Waals surface area (Å²) in [7, 11) is 0. The molecule has 6 heteroatoms. The summed E-state index contributed by atoms with van der Waals surface area (Å²) >= 11 is 6.02. The van der Waals surface area contributed by atoms with Gasteiger partial charge in [-0.25, -0.2) is 15.0 Å². The first-order valence-electron chi connectivity index (χ1n) is 6.02. The van der Waals surface area contributed by atoms with Gasteiger partial charge in [0.15, 0.2) is 0 Å². The minimum Gasteiger partial charge on any atom is -0.360 e. The van der Waals surface area contributed by atoms with Gasteiger partial charge in [0.05, 0.1) is 6.04 Å². The summed E-state index contributed by atoms with van der Waals surface area (Å²) in [5, 5.41) is 3.77. The molecular weight excluding hydrogens is 250 g/mol. The van der Waals surface area contributed by atoms with Gasteiger partial charge in [0, 0.05) is 24.4 Å². The fourth-order valence-electron chi connectivity index (χ4n) is 1.84. The molecule has 1 saturated carbocycles. The maximum Gasteiger partial charge on any atom is 0.135 e. The molecule has 2 N–H and O–H groups in total. The number of H-pyrrole nitrogens is 1. The molecule has 0 radical (unpaired) electrons.